The molecule has 1 heterocycles. The summed E-state index contributed by atoms with van der Waals surface area (Å²) in [6.07, 6.45) is 1.63. The summed E-state index contributed by atoms with van der Waals surface area (Å²) < 4.78 is 26.2. The van der Waals surface area contributed by atoms with Crippen molar-refractivity contribution in [1.29, 1.82) is 0 Å². The van der Waals surface area contributed by atoms with Crippen LogP contribution in [0.5, 0.6) is 0 Å². The first-order chi connectivity index (χ1) is 14.0. The van der Waals surface area contributed by atoms with Crippen LogP contribution in [0.3, 0.4) is 0 Å². The number of carbonyl (C=O) groups excluding carboxylic acids is 2. The maximum atomic E-state index is 13.2. The number of amides is 2. The molecular weight excluding hydrogens is 376 g/mol. The zero-order valence-electron chi connectivity index (χ0n) is 15.5. The molecule has 0 aliphatic rings. The minimum absolute atomic E-state index is 0.190. The number of nitrogens with one attached hydrogen (secondary N) is 1. The maximum absolute atomic E-state index is 13.2. The van der Waals surface area contributed by atoms with E-state index in [-0.39, 0.29) is 31.4 Å². The molecule has 29 heavy (non-hydrogen) atoms. The van der Waals surface area contributed by atoms with Crippen molar-refractivity contribution in [3.8, 4) is 0 Å². The first-order valence-electron chi connectivity index (χ1n) is 9.01. The predicted molar refractivity (Wildman–Crippen MR) is 104 cm³/mol. The molecule has 5 nitrogen and oxygen atoms in total. The second-order valence-electron chi connectivity index (χ2n) is 6.32. The molecular formula is C22H19F2N3O2. The zero-order valence-corrected chi connectivity index (χ0v) is 15.5. The quantitative estimate of drug-likeness (QED) is 0.667. The van der Waals surface area contributed by atoms with Crippen molar-refractivity contribution in [2.75, 3.05) is 13.1 Å². The van der Waals surface area contributed by atoms with Gasteiger partial charge in [-0.05, 0) is 60.7 Å². The van der Waals surface area contributed by atoms with E-state index < -0.39 is 11.6 Å². The van der Waals surface area contributed by atoms with Crippen LogP contribution in [0.15, 0.2) is 72.9 Å². The molecule has 2 aromatic carbocycles. The van der Waals surface area contributed by atoms with Crippen molar-refractivity contribution < 1.29 is 18.4 Å². The van der Waals surface area contributed by atoms with Crippen LogP contribution in [0.2, 0.25) is 0 Å². The van der Waals surface area contributed by atoms with Gasteiger partial charge >= 0.3 is 0 Å². The van der Waals surface area contributed by atoms with Crippen molar-refractivity contribution in [3.05, 3.63) is 101 Å². The van der Waals surface area contributed by atoms with E-state index in [1.807, 2.05) is 6.07 Å². The highest BCUT2D eigenvalue weighted by Gasteiger charge is 2.17. The summed E-state index contributed by atoms with van der Waals surface area (Å²) in [5, 5.41) is 2.71. The molecule has 1 aromatic heterocycles. The van der Waals surface area contributed by atoms with Crippen LogP contribution in [0.1, 0.15) is 26.4 Å². The topological polar surface area (TPSA) is 62.3 Å². The Morgan fingerprint density at radius 2 is 1.48 bits per heavy atom. The summed E-state index contributed by atoms with van der Waals surface area (Å²) in [5.74, 6) is -1.51. The first-order valence-corrected chi connectivity index (χ1v) is 9.01. The molecule has 0 fully saturated rings. The Hall–Kier alpha value is -3.61. The van der Waals surface area contributed by atoms with Crippen LogP contribution < -0.4 is 5.32 Å². The number of halogens is 2. The molecule has 0 saturated carbocycles. The van der Waals surface area contributed by atoms with E-state index in [1.54, 1.807) is 18.3 Å². The molecule has 3 aromatic rings. The van der Waals surface area contributed by atoms with Gasteiger partial charge < -0.3 is 10.2 Å². The standard InChI is InChI=1S/C22H19F2N3O2/c23-18-8-4-16(5-9-18)21(28)26-13-14-27(15-20-3-1-2-12-25-20)22(29)17-6-10-19(24)11-7-17/h1-12H,13-15H2,(H,26,28). The van der Waals surface area contributed by atoms with Gasteiger partial charge in [-0.2, -0.15) is 0 Å². The van der Waals surface area contributed by atoms with Crippen LogP contribution in [-0.4, -0.2) is 34.8 Å². The molecule has 0 spiro atoms. The van der Waals surface area contributed by atoms with Gasteiger partial charge in [-0.25, -0.2) is 8.78 Å². The number of rotatable bonds is 7. The van der Waals surface area contributed by atoms with E-state index >= 15 is 0 Å². The average Bonchev–Trinajstić information content (AvgIpc) is 2.74. The van der Waals surface area contributed by atoms with Gasteiger partial charge in [0, 0.05) is 30.4 Å². The molecule has 0 radical (unpaired) electrons. The average molecular weight is 395 g/mol. The molecule has 148 valence electrons. The largest absolute Gasteiger partial charge is 0.350 e. The third kappa shape index (κ3) is 5.68. The zero-order chi connectivity index (χ0) is 20.6. The van der Waals surface area contributed by atoms with Gasteiger partial charge in [0.15, 0.2) is 0 Å². The third-order valence-electron chi connectivity index (χ3n) is 4.23. The molecule has 0 saturated heterocycles. The normalized spacial score (nSPS) is 10.4. The first kappa shape index (κ1) is 20.1. The van der Waals surface area contributed by atoms with Crippen molar-refractivity contribution in [1.82, 2.24) is 15.2 Å². The van der Waals surface area contributed by atoms with Gasteiger partial charge in [-0.15, -0.1) is 0 Å². The number of benzene rings is 2. The summed E-state index contributed by atoms with van der Waals surface area (Å²) in [6.45, 7) is 0.652. The monoisotopic (exact) mass is 395 g/mol. The highest BCUT2D eigenvalue weighted by molar-refractivity contribution is 5.95. The summed E-state index contributed by atoms with van der Waals surface area (Å²) in [6, 6.07) is 15.9. The molecule has 0 atom stereocenters. The van der Waals surface area contributed by atoms with Gasteiger partial charge in [-0.3, -0.25) is 14.6 Å². The minimum Gasteiger partial charge on any atom is -0.350 e. The molecule has 0 aliphatic carbocycles. The smallest absolute Gasteiger partial charge is 0.254 e. The molecule has 1 N–H and O–H groups in total. The Labute approximate surface area is 167 Å². The van der Waals surface area contributed by atoms with Gasteiger partial charge in [0.1, 0.15) is 11.6 Å². The van der Waals surface area contributed by atoms with Gasteiger partial charge in [0.25, 0.3) is 11.8 Å². The number of pyridine rings is 1. The van der Waals surface area contributed by atoms with E-state index in [2.05, 4.69) is 10.3 Å². The lowest BCUT2D eigenvalue weighted by Crippen LogP contribution is -2.38. The summed E-state index contributed by atoms with van der Waals surface area (Å²) in [7, 11) is 0. The second kappa shape index (κ2) is 9.54. The van der Waals surface area contributed by atoms with Crippen molar-refractivity contribution >= 4 is 11.8 Å². The van der Waals surface area contributed by atoms with Gasteiger partial charge in [0.2, 0.25) is 0 Å². The molecule has 0 unspecified atom stereocenters. The van der Waals surface area contributed by atoms with Crippen molar-refractivity contribution in [2.24, 2.45) is 0 Å². The summed E-state index contributed by atoms with van der Waals surface area (Å²) >= 11 is 0. The Morgan fingerprint density at radius 1 is 0.862 bits per heavy atom. The predicted octanol–water partition coefficient (Wildman–Crippen LogP) is 3.43. The Kier molecular flexibility index (Phi) is 6.63. The fourth-order valence-electron chi connectivity index (χ4n) is 2.72. The van der Waals surface area contributed by atoms with E-state index in [4.69, 9.17) is 0 Å². The second-order valence-corrected chi connectivity index (χ2v) is 6.32. The highest BCUT2D eigenvalue weighted by atomic mass is 19.1. The SMILES string of the molecule is O=C(NCCN(Cc1ccccn1)C(=O)c1ccc(F)cc1)c1ccc(F)cc1. The van der Waals surface area contributed by atoms with Crippen LogP contribution in [0.4, 0.5) is 8.78 Å². The van der Waals surface area contributed by atoms with E-state index in [1.165, 1.54) is 53.4 Å². The molecule has 2 amide bonds. The fourth-order valence-corrected chi connectivity index (χ4v) is 2.72. The van der Waals surface area contributed by atoms with Crippen molar-refractivity contribution in [2.45, 2.75) is 6.54 Å². The number of hydrogen-bond acceptors (Lipinski definition) is 3. The van der Waals surface area contributed by atoms with Gasteiger partial charge in [0.05, 0.1) is 12.2 Å². The van der Waals surface area contributed by atoms with Crippen LogP contribution in [-0.2, 0) is 6.54 Å². The lowest BCUT2D eigenvalue weighted by molar-refractivity contribution is 0.0734. The number of nitrogens with zero attached hydrogens (tertiary/aromatic N) is 2. The van der Waals surface area contributed by atoms with E-state index in [9.17, 15) is 18.4 Å². The minimum atomic E-state index is -0.426. The maximum Gasteiger partial charge on any atom is 0.254 e. The number of aromatic nitrogens is 1. The number of hydrogen-bond donors (Lipinski definition) is 1. The number of carbonyl (C=O) groups is 2. The lowest BCUT2D eigenvalue weighted by Gasteiger charge is -2.23. The van der Waals surface area contributed by atoms with Crippen LogP contribution >= 0.6 is 0 Å². The Morgan fingerprint density at radius 3 is 2.07 bits per heavy atom. The van der Waals surface area contributed by atoms with E-state index in [0.29, 0.717) is 16.8 Å². The summed E-state index contributed by atoms with van der Waals surface area (Å²) in [4.78, 5) is 30.8. The molecule has 7 heteroatoms. The Balaban J connectivity index is 1.67. The van der Waals surface area contributed by atoms with E-state index in [0.717, 1.165) is 0 Å². The third-order valence-corrected chi connectivity index (χ3v) is 4.23. The summed E-state index contributed by atoms with van der Waals surface area (Å²) in [5.41, 5.74) is 1.35. The van der Waals surface area contributed by atoms with Gasteiger partial charge in [-0.1, -0.05) is 6.07 Å². The fraction of sp³-hybridized carbons (Fsp3) is 0.136. The molecule has 0 bridgehead atoms. The van der Waals surface area contributed by atoms with Crippen molar-refractivity contribution in [3.63, 3.8) is 0 Å². The highest BCUT2D eigenvalue weighted by Crippen LogP contribution is 2.10. The molecule has 3 rings (SSSR count). The lowest BCUT2D eigenvalue weighted by atomic mass is 10.2. The van der Waals surface area contributed by atoms with Crippen LogP contribution in [0.25, 0.3) is 0 Å². The Bertz CT molecular complexity index is 962. The molecule has 0 aliphatic heterocycles. The van der Waals surface area contributed by atoms with Crippen LogP contribution in [0, 0.1) is 11.6 Å².